The van der Waals surface area contributed by atoms with Gasteiger partial charge >= 0.3 is 0 Å². The number of nitrogens with zero attached hydrogens (tertiary/aromatic N) is 3. The van der Waals surface area contributed by atoms with Crippen LogP contribution in [0.4, 0.5) is 0 Å². The van der Waals surface area contributed by atoms with Crippen LogP contribution in [0, 0.1) is 6.92 Å². The Balaban J connectivity index is 1.75. The van der Waals surface area contributed by atoms with Crippen LogP contribution < -0.4 is 10.5 Å². The van der Waals surface area contributed by atoms with Gasteiger partial charge in [0.1, 0.15) is 18.2 Å². The number of aryl methyl sites for hydroxylation is 2. The average Bonchev–Trinajstić information content (AvgIpc) is 2.77. The first-order chi connectivity index (χ1) is 9.65. The van der Waals surface area contributed by atoms with Gasteiger partial charge in [0.05, 0.1) is 0 Å². The molecule has 1 aromatic heterocycles. The first-order valence-corrected chi connectivity index (χ1v) is 7.01. The molecule has 1 heterocycles. The minimum atomic E-state index is 0.138. The first-order valence-electron chi connectivity index (χ1n) is 7.01. The van der Waals surface area contributed by atoms with Gasteiger partial charge in [-0.05, 0) is 49.4 Å². The summed E-state index contributed by atoms with van der Waals surface area (Å²) in [6.07, 6.45) is 3.34. The number of ether oxygens (including phenoxy) is 1. The van der Waals surface area contributed by atoms with E-state index >= 15 is 0 Å². The Hall–Kier alpha value is -1.88. The summed E-state index contributed by atoms with van der Waals surface area (Å²) in [5, 5.41) is 8.12. The normalized spacial score (nSPS) is 17.9. The van der Waals surface area contributed by atoms with Gasteiger partial charge < -0.3 is 15.0 Å². The highest BCUT2D eigenvalue weighted by molar-refractivity contribution is 5.39. The van der Waals surface area contributed by atoms with Crippen molar-refractivity contribution in [3.05, 3.63) is 41.0 Å². The molecule has 5 nitrogen and oxygen atoms in total. The molecule has 5 heteroatoms. The van der Waals surface area contributed by atoms with E-state index in [1.807, 2.05) is 24.6 Å². The van der Waals surface area contributed by atoms with Gasteiger partial charge in [0.2, 0.25) is 0 Å². The molecule has 3 rings (SSSR count). The number of hydrogen-bond donors (Lipinski definition) is 1. The van der Waals surface area contributed by atoms with Crippen LogP contribution in [0.2, 0.25) is 0 Å². The van der Waals surface area contributed by atoms with Gasteiger partial charge in [-0.3, -0.25) is 0 Å². The predicted octanol–water partition coefficient (Wildman–Crippen LogP) is 2.04. The van der Waals surface area contributed by atoms with Crippen molar-refractivity contribution in [2.75, 3.05) is 0 Å². The third-order valence-corrected chi connectivity index (χ3v) is 4.03. The van der Waals surface area contributed by atoms with Gasteiger partial charge in [0.25, 0.3) is 0 Å². The van der Waals surface area contributed by atoms with Crippen molar-refractivity contribution in [2.24, 2.45) is 12.8 Å². The van der Waals surface area contributed by atoms with Crippen molar-refractivity contribution < 1.29 is 4.74 Å². The number of hydrogen-bond acceptors (Lipinski definition) is 4. The van der Waals surface area contributed by atoms with Gasteiger partial charge in [-0.15, -0.1) is 10.2 Å². The van der Waals surface area contributed by atoms with Gasteiger partial charge in [0.15, 0.2) is 5.82 Å². The lowest BCUT2D eigenvalue weighted by Crippen LogP contribution is -2.17. The molecule has 1 aliphatic carbocycles. The zero-order chi connectivity index (χ0) is 14.1. The summed E-state index contributed by atoms with van der Waals surface area (Å²) >= 11 is 0. The van der Waals surface area contributed by atoms with E-state index in [4.69, 9.17) is 10.5 Å². The molecule has 0 aliphatic heterocycles. The first kappa shape index (κ1) is 13.1. The fourth-order valence-electron chi connectivity index (χ4n) is 2.63. The van der Waals surface area contributed by atoms with Crippen LogP contribution >= 0.6 is 0 Å². The Morgan fingerprint density at radius 1 is 1.40 bits per heavy atom. The highest BCUT2D eigenvalue weighted by Gasteiger charge is 2.17. The van der Waals surface area contributed by atoms with Crippen molar-refractivity contribution in [2.45, 2.75) is 38.8 Å². The highest BCUT2D eigenvalue weighted by atomic mass is 16.5. The lowest BCUT2D eigenvalue weighted by molar-refractivity contribution is 0.290. The fourth-order valence-corrected chi connectivity index (χ4v) is 2.63. The van der Waals surface area contributed by atoms with E-state index in [0.717, 1.165) is 30.2 Å². The summed E-state index contributed by atoms with van der Waals surface area (Å²) in [4.78, 5) is 0. The number of rotatable bonds is 3. The Labute approximate surface area is 118 Å². The molecule has 1 atom stereocenters. The molecule has 0 unspecified atom stereocenters. The van der Waals surface area contributed by atoms with Crippen molar-refractivity contribution in [3.63, 3.8) is 0 Å². The zero-order valence-electron chi connectivity index (χ0n) is 12.0. The quantitative estimate of drug-likeness (QED) is 0.928. The molecule has 0 radical (unpaired) electrons. The van der Waals surface area contributed by atoms with Crippen LogP contribution in [0.3, 0.4) is 0 Å². The van der Waals surface area contributed by atoms with Crippen LogP contribution in [0.15, 0.2) is 18.2 Å². The molecule has 0 saturated heterocycles. The smallest absolute Gasteiger partial charge is 0.170 e. The second-order valence-electron chi connectivity index (χ2n) is 5.37. The lowest BCUT2D eigenvalue weighted by atomic mass is 9.88. The minimum absolute atomic E-state index is 0.138. The highest BCUT2D eigenvalue weighted by Crippen LogP contribution is 2.31. The molecule has 2 aromatic rings. The van der Waals surface area contributed by atoms with Crippen LogP contribution in [-0.2, 0) is 20.1 Å². The van der Waals surface area contributed by atoms with E-state index in [1.54, 1.807) is 0 Å². The van der Waals surface area contributed by atoms with E-state index in [1.165, 1.54) is 17.5 Å². The Morgan fingerprint density at radius 2 is 2.25 bits per heavy atom. The summed E-state index contributed by atoms with van der Waals surface area (Å²) in [5.74, 6) is 2.56. The van der Waals surface area contributed by atoms with Gasteiger partial charge in [-0.1, -0.05) is 6.07 Å². The Bertz CT molecular complexity index is 620. The summed E-state index contributed by atoms with van der Waals surface area (Å²) < 4.78 is 7.76. The summed E-state index contributed by atoms with van der Waals surface area (Å²) in [6, 6.07) is 6.35. The number of aromatic nitrogens is 3. The molecule has 106 valence electrons. The van der Waals surface area contributed by atoms with Gasteiger partial charge in [-0.2, -0.15) is 0 Å². The van der Waals surface area contributed by atoms with E-state index in [9.17, 15) is 0 Å². The molecule has 1 aliphatic rings. The topological polar surface area (TPSA) is 66.0 Å². The largest absolute Gasteiger partial charge is 0.486 e. The Kier molecular flexibility index (Phi) is 3.44. The van der Waals surface area contributed by atoms with E-state index in [2.05, 4.69) is 22.3 Å². The van der Waals surface area contributed by atoms with Crippen LogP contribution in [0.1, 0.15) is 41.7 Å². The van der Waals surface area contributed by atoms with E-state index in [0.29, 0.717) is 6.61 Å². The van der Waals surface area contributed by atoms with Gasteiger partial charge in [0, 0.05) is 13.1 Å². The SMILES string of the molecule is Cc1nnc(COc2ccc3c(c2)[C@@H](N)CCC3)n1C. The predicted molar refractivity (Wildman–Crippen MR) is 76.4 cm³/mol. The van der Waals surface area contributed by atoms with Crippen molar-refractivity contribution in [1.29, 1.82) is 0 Å². The van der Waals surface area contributed by atoms with Crippen molar-refractivity contribution in [1.82, 2.24) is 14.8 Å². The number of fused-ring (bicyclic) bond motifs is 1. The molecule has 0 spiro atoms. The third-order valence-electron chi connectivity index (χ3n) is 4.03. The molecular formula is C15H20N4O. The third kappa shape index (κ3) is 2.41. The fraction of sp³-hybridized carbons (Fsp3) is 0.467. The standard InChI is InChI=1S/C15H20N4O/c1-10-17-18-15(19(10)2)9-20-12-7-6-11-4-3-5-14(16)13(11)8-12/h6-8,14H,3-5,9,16H2,1-2H3/t14-/m0/s1. The molecule has 0 amide bonds. The molecular weight excluding hydrogens is 252 g/mol. The molecule has 0 bridgehead atoms. The lowest BCUT2D eigenvalue weighted by Gasteiger charge is -2.22. The molecule has 0 fully saturated rings. The molecule has 2 N–H and O–H groups in total. The number of benzene rings is 1. The minimum Gasteiger partial charge on any atom is -0.486 e. The summed E-state index contributed by atoms with van der Waals surface area (Å²) in [5.41, 5.74) is 8.75. The second-order valence-corrected chi connectivity index (χ2v) is 5.37. The molecule has 20 heavy (non-hydrogen) atoms. The summed E-state index contributed by atoms with van der Waals surface area (Å²) in [6.45, 7) is 2.35. The number of nitrogens with two attached hydrogens (primary N) is 1. The van der Waals surface area contributed by atoms with Crippen molar-refractivity contribution in [3.8, 4) is 5.75 Å². The maximum absolute atomic E-state index is 6.17. The zero-order valence-corrected chi connectivity index (χ0v) is 12.0. The molecule has 1 aromatic carbocycles. The summed E-state index contributed by atoms with van der Waals surface area (Å²) in [7, 11) is 1.94. The van der Waals surface area contributed by atoms with E-state index in [-0.39, 0.29) is 6.04 Å². The monoisotopic (exact) mass is 272 g/mol. The average molecular weight is 272 g/mol. The second kappa shape index (κ2) is 5.25. The maximum Gasteiger partial charge on any atom is 0.170 e. The van der Waals surface area contributed by atoms with Crippen molar-refractivity contribution >= 4 is 0 Å². The van der Waals surface area contributed by atoms with E-state index < -0.39 is 0 Å². The maximum atomic E-state index is 6.17. The van der Waals surface area contributed by atoms with Crippen LogP contribution in [-0.4, -0.2) is 14.8 Å². The van der Waals surface area contributed by atoms with Gasteiger partial charge in [-0.25, -0.2) is 0 Å². The Morgan fingerprint density at radius 3 is 3.00 bits per heavy atom. The van der Waals surface area contributed by atoms with Crippen LogP contribution in [0.5, 0.6) is 5.75 Å². The molecule has 0 saturated carbocycles. The van der Waals surface area contributed by atoms with Crippen LogP contribution in [0.25, 0.3) is 0 Å².